The second-order valence-corrected chi connectivity index (χ2v) is 6.38. The Hall–Kier alpha value is -2.86. The summed E-state index contributed by atoms with van der Waals surface area (Å²) in [6.07, 6.45) is 1.64. The Morgan fingerprint density at radius 1 is 1.32 bits per heavy atom. The van der Waals surface area contributed by atoms with Crippen LogP contribution < -0.4 is 0 Å². The van der Waals surface area contributed by atoms with Gasteiger partial charge in [-0.15, -0.1) is 0 Å². The fourth-order valence-electron chi connectivity index (χ4n) is 3.50. The van der Waals surface area contributed by atoms with Crippen LogP contribution in [-0.2, 0) is 24.9 Å². The van der Waals surface area contributed by atoms with Gasteiger partial charge >= 0.3 is 5.97 Å². The molecule has 128 valence electrons. The third-order valence-corrected chi connectivity index (χ3v) is 4.65. The number of benzene rings is 1. The average molecular weight is 337 g/mol. The molecule has 0 radical (unpaired) electrons. The van der Waals surface area contributed by atoms with Crippen LogP contribution in [0.25, 0.3) is 11.5 Å². The fourth-order valence-corrected chi connectivity index (χ4v) is 3.50. The van der Waals surface area contributed by atoms with Crippen LogP contribution in [0, 0.1) is 0 Å². The first-order chi connectivity index (χ1) is 12.1. The maximum atomic E-state index is 11.7. The van der Waals surface area contributed by atoms with Crippen molar-refractivity contribution in [1.82, 2.24) is 14.7 Å². The molecule has 3 aromatic rings. The van der Waals surface area contributed by atoms with Gasteiger partial charge in [0.05, 0.1) is 17.9 Å². The predicted molar refractivity (Wildman–Crippen MR) is 91.8 cm³/mol. The van der Waals surface area contributed by atoms with Crippen molar-refractivity contribution in [2.75, 3.05) is 6.54 Å². The lowest BCUT2D eigenvalue weighted by Crippen LogP contribution is -2.36. The Morgan fingerprint density at radius 2 is 2.16 bits per heavy atom. The van der Waals surface area contributed by atoms with Gasteiger partial charge in [0.2, 0.25) is 0 Å². The summed E-state index contributed by atoms with van der Waals surface area (Å²) >= 11 is 0. The van der Waals surface area contributed by atoms with E-state index in [0.29, 0.717) is 13.1 Å². The largest absolute Gasteiger partial charge is 0.481 e. The number of aromatic nitrogens is 2. The second-order valence-electron chi connectivity index (χ2n) is 6.38. The van der Waals surface area contributed by atoms with Gasteiger partial charge in [-0.1, -0.05) is 24.3 Å². The SMILES string of the molecule is Cn1nc(CN2Cc3ccccc3C(C(=O)O)C2)cc1-c1ccco1. The zero-order valence-corrected chi connectivity index (χ0v) is 13.9. The molecule has 1 aromatic carbocycles. The van der Waals surface area contributed by atoms with Gasteiger partial charge < -0.3 is 9.52 Å². The summed E-state index contributed by atoms with van der Waals surface area (Å²) < 4.78 is 7.24. The van der Waals surface area contributed by atoms with E-state index in [-0.39, 0.29) is 0 Å². The number of rotatable bonds is 4. The Labute approximate surface area is 145 Å². The molecule has 2 aromatic heterocycles. The lowest BCUT2D eigenvalue weighted by molar-refractivity contribution is -0.139. The molecule has 3 heterocycles. The zero-order valence-electron chi connectivity index (χ0n) is 13.9. The van der Waals surface area contributed by atoms with E-state index in [9.17, 15) is 9.90 Å². The maximum Gasteiger partial charge on any atom is 0.312 e. The van der Waals surface area contributed by atoms with Crippen molar-refractivity contribution in [1.29, 1.82) is 0 Å². The highest BCUT2D eigenvalue weighted by Crippen LogP contribution is 2.30. The molecule has 1 unspecified atom stereocenters. The van der Waals surface area contributed by atoms with Crippen LogP contribution in [0.3, 0.4) is 0 Å². The van der Waals surface area contributed by atoms with Crippen LogP contribution in [-0.4, -0.2) is 32.3 Å². The van der Waals surface area contributed by atoms with E-state index in [2.05, 4.69) is 10.00 Å². The van der Waals surface area contributed by atoms with Crippen molar-refractivity contribution >= 4 is 5.97 Å². The number of aliphatic carboxylic acids is 1. The highest BCUT2D eigenvalue weighted by atomic mass is 16.4. The number of carboxylic acids is 1. The minimum atomic E-state index is -0.783. The second kappa shape index (κ2) is 6.22. The topological polar surface area (TPSA) is 71.5 Å². The molecule has 0 saturated heterocycles. The Kier molecular flexibility index (Phi) is 3.89. The summed E-state index contributed by atoms with van der Waals surface area (Å²) in [5.74, 6) is -0.513. The van der Waals surface area contributed by atoms with Crippen LogP contribution in [0.4, 0.5) is 0 Å². The van der Waals surface area contributed by atoms with E-state index >= 15 is 0 Å². The normalized spacial score (nSPS) is 17.4. The third-order valence-electron chi connectivity index (χ3n) is 4.65. The number of carbonyl (C=O) groups is 1. The molecular weight excluding hydrogens is 318 g/mol. The lowest BCUT2D eigenvalue weighted by Gasteiger charge is -2.32. The van der Waals surface area contributed by atoms with E-state index in [0.717, 1.165) is 34.8 Å². The molecule has 0 amide bonds. The molecule has 0 spiro atoms. The van der Waals surface area contributed by atoms with Crippen molar-refractivity contribution in [3.05, 3.63) is 65.5 Å². The van der Waals surface area contributed by atoms with E-state index in [4.69, 9.17) is 4.42 Å². The standard InChI is InChI=1S/C19H19N3O3/c1-21-17(18-7-4-8-25-18)9-14(20-21)11-22-10-13-5-2-3-6-15(13)16(12-22)19(23)24/h2-9,16H,10-12H2,1H3,(H,23,24). The van der Waals surface area contributed by atoms with Crippen molar-refractivity contribution < 1.29 is 14.3 Å². The first-order valence-corrected chi connectivity index (χ1v) is 8.21. The molecule has 25 heavy (non-hydrogen) atoms. The van der Waals surface area contributed by atoms with Crippen molar-refractivity contribution in [3.8, 4) is 11.5 Å². The zero-order chi connectivity index (χ0) is 17.4. The number of furan rings is 1. The van der Waals surface area contributed by atoms with E-state index in [1.54, 1.807) is 10.9 Å². The van der Waals surface area contributed by atoms with Gasteiger partial charge in [0, 0.05) is 26.7 Å². The smallest absolute Gasteiger partial charge is 0.312 e. The van der Waals surface area contributed by atoms with E-state index in [1.807, 2.05) is 49.5 Å². The molecular formula is C19H19N3O3. The number of hydrogen-bond donors (Lipinski definition) is 1. The minimum Gasteiger partial charge on any atom is -0.481 e. The molecule has 1 atom stereocenters. The van der Waals surface area contributed by atoms with Crippen LogP contribution in [0.15, 0.2) is 53.1 Å². The number of carboxylic acid groups (broad SMARTS) is 1. The Morgan fingerprint density at radius 3 is 2.92 bits per heavy atom. The number of fused-ring (bicyclic) bond motifs is 1. The molecule has 6 heteroatoms. The third kappa shape index (κ3) is 2.96. The molecule has 0 saturated carbocycles. The summed E-state index contributed by atoms with van der Waals surface area (Å²) in [5.41, 5.74) is 3.80. The minimum absolute atomic E-state index is 0.485. The van der Waals surface area contributed by atoms with Gasteiger partial charge in [-0.3, -0.25) is 14.4 Å². The van der Waals surface area contributed by atoms with Gasteiger partial charge in [-0.25, -0.2) is 0 Å². The van der Waals surface area contributed by atoms with Crippen LogP contribution >= 0.6 is 0 Å². The molecule has 1 aliphatic rings. The maximum absolute atomic E-state index is 11.7. The van der Waals surface area contributed by atoms with Gasteiger partial charge in [0.1, 0.15) is 5.69 Å². The van der Waals surface area contributed by atoms with E-state index < -0.39 is 11.9 Å². The van der Waals surface area contributed by atoms with Gasteiger partial charge in [-0.2, -0.15) is 5.10 Å². The Bertz CT molecular complexity index is 899. The summed E-state index contributed by atoms with van der Waals surface area (Å²) in [6.45, 7) is 1.82. The molecule has 1 N–H and O–H groups in total. The highest BCUT2D eigenvalue weighted by molar-refractivity contribution is 5.77. The molecule has 0 bridgehead atoms. The van der Waals surface area contributed by atoms with Crippen molar-refractivity contribution in [2.45, 2.75) is 19.0 Å². The number of aryl methyl sites for hydroxylation is 1. The van der Waals surface area contributed by atoms with Gasteiger partial charge in [-0.05, 0) is 29.3 Å². The summed E-state index contributed by atoms with van der Waals surface area (Å²) in [4.78, 5) is 13.8. The monoisotopic (exact) mass is 337 g/mol. The molecule has 1 aliphatic heterocycles. The summed E-state index contributed by atoms with van der Waals surface area (Å²) in [6, 6.07) is 13.5. The lowest BCUT2D eigenvalue weighted by atomic mass is 9.90. The quantitative estimate of drug-likeness (QED) is 0.792. The summed E-state index contributed by atoms with van der Waals surface area (Å²) in [7, 11) is 1.88. The predicted octanol–water partition coefficient (Wildman–Crippen LogP) is 2.86. The first-order valence-electron chi connectivity index (χ1n) is 8.21. The summed E-state index contributed by atoms with van der Waals surface area (Å²) in [5, 5.41) is 14.1. The first kappa shape index (κ1) is 15.7. The van der Waals surface area contributed by atoms with Crippen LogP contribution in [0.2, 0.25) is 0 Å². The van der Waals surface area contributed by atoms with E-state index in [1.165, 1.54) is 0 Å². The molecule has 0 aliphatic carbocycles. The number of nitrogens with zero attached hydrogens (tertiary/aromatic N) is 3. The molecule has 4 rings (SSSR count). The van der Waals surface area contributed by atoms with Gasteiger partial charge in [0.25, 0.3) is 0 Å². The Balaban J connectivity index is 1.58. The number of hydrogen-bond acceptors (Lipinski definition) is 4. The molecule has 6 nitrogen and oxygen atoms in total. The van der Waals surface area contributed by atoms with Crippen molar-refractivity contribution in [2.24, 2.45) is 7.05 Å². The van der Waals surface area contributed by atoms with Crippen LogP contribution in [0.5, 0.6) is 0 Å². The molecule has 0 fully saturated rings. The average Bonchev–Trinajstić information content (AvgIpc) is 3.23. The van der Waals surface area contributed by atoms with Crippen LogP contribution in [0.1, 0.15) is 22.7 Å². The van der Waals surface area contributed by atoms with Gasteiger partial charge in [0.15, 0.2) is 5.76 Å². The van der Waals surface area contributed by atoms with Crippen molar-refractivity contribution in [3.63, 3.8) is 0 Å². The highest BCUT2D eigenvalue weighted by Gasteiger charge is 2.30. The fraction of sp³-hybridized carbons (Fsp3) is 0.263.